The molecular formula is C15H16O4. The first kappa shape index (κ1) is 12.2. The van der Waals surface area contributed by atoms with Crippen molar-refractivity contribution >= 4 is 11.0 Å². The van der Waals surface area contributed by atoms with Crippen LogP contribution < -0.4 is 10.2 Å². The Hall–Kier alpha value is -1.81. The van der Waals surface area contributed by atoms with Gasteiger partial charge < -0.3 is 14.3 Å². The smallest absolute Gasteiger partial charge is 0.293 e. The molecule has 0 fully saturated rings. The van der Waals surface area contributed by atoms with Gasteiger partial charge in [0.1, 0.15) is 11.2 Å². The molecule has 1 aromatic heterocycles. The Morgan fingerprint density at radius 2 is 2.16 bits per heavy atom. The molecule has 100 valence electrons. The lowest BCUT2D eigenvalue weighted by molar-refractivity contribution is -0.0178. The molecule has 0 spiro atoms. The second-order valence-corrected chi connectivity index (χ2v) is 5.44. The van der Waals surface area contributed by atoms with Crippen LogP contribution in [0.1, 0.15) is 31.7 Å². The maximum Gasteiger partial charge on any atom is 0.293 e. The van der Waals surface area contributed by atoms with Crippen LogP contribution in [0.25, 0.3) is 11.0 Å². The van der Waals surface area contributed by atoms with Crippen molar-refractivity contribution in [2.75, 3.05) is 6.61 Å². The maximum atomic E-state index is 12.5. The SMILES string of the molecule is C[C@H]1C[C@](C)(CO)Oc2oc3ccccc3c(=O)c21. The maximum absolute atomic E-state index is 12.5. The lowest BCUT2D eigenvalue weighted by Crippen LogP contribution is -2.42. The van der Waals surface area contributed by atoms with Crippen LogP contribution in [0.5, 0.6) is 5.95 Å². The van der Waals surface area contributed by atoms with Crippen molar-refractivity contribution < 1.29 is 14.3 Å². The molecule has 0 saturated heterocycles. The van der Waals surface area contributed by atoms with Gasteiger partial charge in [-0.25, -0.2) is 0 Å². The van der Waals surface area contributed by atoms with Crippen molar-refractivity contribution in [2.24, 2.45) is 0 Å². The van der Waals surface area contributed by atoms with E-state index in [1.54, 1.807) is 12.1 Å². The van der Waals surface area contributed by atoms with Gasteiger partial charge >= 0.3 is 0 Å². The van der Waals surface area contributed by atoms with Crippen LogP contribution in [0.2, 0.25) is 0 Å². The summed E-state index contributed by atoms with van der Waals surface area (Å²) < 4.78 is 11.4. The lowest BCUT2D eigenvalue weighted by Gasteiger charge is -2.35. The summed E-state index contributed by atoms with van der Waals surface area (Å²) >= 11 is 0. The summed E-state index contributed by atoms with van der Waals surface area (Å²) in [7, 11) is 0. The van der Waals surface area contributed by atoms with Crippen LogP contribution in [-0.4, -0.2) is 17.3 Å². The van der Waals surface area contributed by atoms with Gasteiger partial charge in [0.2, 0.25) is 0 Å². The fraction of sp³-hybridized carbons (Fsp3) is 0.400. The summed E-state index contributed by atoms with van der Waals surface area (Å²) in [6.07, 6.45) is 0.597. The number of para-hydroxylation sites is 1. The summed E-state index contributed by atoms with van der Waals surface area (Å²) in [4.78, 5) is 12.5. The monoisotopic (exact) mass is 260 g/mol. The molecule has 2 aromatic rings. The number of hydrogen-bond acceptors (Lipinski definition) is 4. The van der Waals surface area contributed by atoms with E-state index in [9.17, 15) is 9.90 Å². The predicted octanol–water partition coefficient (Wildman–Crippen LogP) is 2.43. The van der Waals surface area contributed by atoms with Gasteiger partial charge in [0.05, 0.1) is 17.6 Å². The van der Waals surface area contributed by atoms with Gasteiger partial charge in [0, 0.05) is 0 Å². The second kappa shape index (κ2) is 4.10. The Morgan fingerprint density at radius 1 is 1.42 bits per heavy atom. The van der Waals surface area contributed by atoms with E-state index in [-0.39, 0.29) is 23.9 Å². The number of hydrogen-bond donors (Lipinski definition) is 1. The second-order valence-electron chi connectivity index (χ2n) is 5.44. The highest BCUT2D eigenvalue weighted by Crippen LogP contribution is 2.40. The molecule has 0 saturated carbocycles. The van der Waals surface area contributed by atoms with Crippen LogP contribution in [-0.2, 0) is 0 Å². The van der Waals surface area contributed by atoms with Crippen molar-refractivity contribution in [3.8, 4) is 5.95 Å². The summed E-state index contributed by atoms with van der Waals surface area (Å²) in [5.74, 6) is 0.251. The molecule has 4 nitrogen and oxygen atoms in total. The molecular weight excluding hydrogens is 244 g/mol. The molecule has 2 atom stereocenters. The topological polar surface area (TPSA) is 59.7 Å². The zero-order valence-electron chi connectivity index (χ0n) is 11.0. The average Bonchev–Trinajstić information content (AvgIpc) is 2.38. The fourth-order valence-corrected chi connectivity index (χ4v) is 2.75. The average molecular weight is 260 g/mol. The number of ether oxygens (including phenoxy) is 1. The summed E-state index contributed by atoms with van der Waals surface area (Å²) in [5, 5.41) is 10.0. The number of fused-ring (bicyclic) bond motifs is 2. The van der Waals surface area contributed by atoms with Gasteiger partial charge in [-0.3, -0.25) is 4.79 Å². The molecule has 1 aliphatic heterocycles. The van der Waals surface area contributed by atoms with E-state index in [2.05, 4.69) is 0 Å². The van der Waals surface area contributed by atoms with E-state index in [1.807, 2.05) is 26.0 Å². The summed E-state index contributed by atoms with van der Waals surface area (Å²) in [6, 6.07) is 7.14. The minimum atomic E-state index is -0.690. The van der Waals surface area contributed by atoms with Crippen LogP contribution in [0.15, 0.2) is 33.5 Å². The van der Waals surface area contributed by atoms with Crippen LogP contribution >= 0.6 is 0 Å². The van der Waals surface area contributed by atoms with E-state index in [1.165, 1.54) is 0 Å². The largest absolute Gasteiger partial charge is 0.456 e. The van der Waals surface area contributed by atoms with Gasteiger partial charge in [-0.2, -0.15) is 0 Å². The highest BCUT2D eigenvalue weighted by molar-refractivity contribution is 5.77. The molecule has 3 rings (SSSR count). The first-order chi connectivity index (χ1) is 9.04. The Morgan fingerprint density at radius 3 is 2.89 bits per heavy atom. The molecule has 19 heavy (non-hydrogen) atoms. The minimum absolute atomic E-state index is 0.00163. The molecule has 0 bridgehead atoms. The third-order valence-corrected chi connectivity index (χ3v) is 3.70. The quantitative estimate of drug-likeness (QED) is 0.855. The molecule has 4 heteroatoms. The summed E-state index contributed by atoms with van der Waals surface area (Å²) in [6.45, 7) is 3.68. The third kappa shape index (κ3) is 1.83. The first-order valence-corrected chi connectivity index (χ1v) is 6.40. The Bertz CT molecular complexity index is 688. The van der Waals surface area contributed by atoms with E-state index in [0.717, 1.165) is 0 Å². The Labute approximate surface area is 110 Å². The third-order valence-electron chi connectivity index (χ3n) is 3.70. The van der Waals surface area contributed by atoms with Crippen molar-refractivity contribution in [2.45, 2.75) is 31.8 Å². The minimum Gasteiger partial charge on any atom is -0.456 e. The standard InChI is InChI=1S/C15H16O4/c1-9-7-15(2,8-16)19-14-12(9)13(17)10-5-3-4-6-11(10)18-14/h3-6,9,16H,7-8H2,1-2H3/t9-,15+/m0/s1. The fourth-order valence-electron chi connectivity index (χ4n) is 2.75. The molecule has 1 aliphatic rings. The van der Waals surface area contributed by atoms with Crippen molar-refractivity contribution in [3.63, 3.8) is 0 Å². The Balaban J connectivity index is 2.28. The zero-order valence-corrected chi connectivity index (χ0v) is 11.0. The van der Waals surface area contributed by atoms with Crippen LogP contribution in [0.4, 0.5) is 0 Å². The number of benzene rings is 1. The van der Waals surface area contributed by atoms with E-state index in [0.29, 0.717) is 23.0 Å². The molecule has 0 aliphatic carbocycles. The van der Waals surface area contributed by atoms with Crippen molar-refractivity contribution in [3.05, 3.63) is 40.1 Å². The molecule has 1 N–H and O–H groups in total. The predicted molar refractivity (Wildman–Crippen MR) is 71.6 cm³/mol. The van der Waals surface area contributed by atoms with Gasteiger partial charge in [-0.1, -0.05) is 19.1 Å². The van der Waals surface area contributed by atoms with E-state index >= 15 is 0 Å². The Kier molecular flexibility index (Phi) is 2.64. The molecule has 0 unspecified atom stereocenters. The molecule has 1 aromatic carbocycles. The molecule has 0 amide bonds. The van der Waals surface area contributed by atoms with Crippen LogP contribution in [0, 0.1) is 0 Å². The first-order valence-electron chi connectivity index (χ1n) is 6.40. The van der Waals surface area contributed by atoms with Gasteiger partial charge in [0.25, 0.3) is 5.95 Å². The van der Waals surface area contributed by atoms with Crippen molar-refractivity contribution in [1.29, 1.82) is 0 Å². The lowest BCUT2D eigenvalue weighted by atomic mass is 9.86. The van der Waals surface area contributed by atoms with Crippen molar-refractivity contribution in [1.82, 2.24) is 0 Å². The number of aliphatic hydroxyl groups excluding tert-OH is 1. The zero-order chi connectivity index (χ0) is 13.6. The number of aliphatic hydroxyl groups is 1. The van der Waals surface area contributed by atoms with Crippen LogP contribution in [0.3, 0.4) is 0 Å². The number of rotatable bonds is 1. The van der Waals surface area contributed by atoms with Gasteiger partial charge in [-0.05, 0) is 31.4 Å². The van der Waals surface area contributed by atoms with E-state index in [4.69, 9.17) is 9.15 Å². The van der Waals surface area contributed by atoms with E-state index < -0.39 is 5.60 Å². The van der Waals surface area contributed by atoms with Gasteiger partial charge in [0.15, 0.2) is 5.43 Å². The highest BCUT2D eigenvalue weighted by Gasteiger charge is 2.38. The molecule has 2 heterocycles. The summed E-state index contributed by atoms with van der Waals surface area (Å²) in [5.41, 5.74) is 0.361. The molecule has 0 radical (unpaired) electrons. The highest BCUT2D eigenvalue weighted by atomic mass is 16.6. The normalized spacial score (nSPS) is 25.9. The van der Waals surface area contributed by atoms with Gasteiger partial charge in [-0.15, -0.1) is 0 Å².